The van der Waals surface area contributed by atoms with Crippen LogP contribution < -0.4 is 10.6 Å². The maximum Gasteiger partial charge on any atom is 0.231 e. The van der Waals surface area contributed by atoms with Crippen LogP contribution in [0.5, 0.6) is 0 Å². The summed E-state index contributed by atoms with van der Waals surface area (Å²) in [5, 5.41) is 17.8. The first-order valence-electron chi connectivity index (χ1n) is 13.0. The highest BCUT2D eigenvalue weighted by Gasteiger charge is 2.25. The van der Waals surface area contributed by atoms with Gasteiger partial charge in [0, 0.05) is 32.4 Å². The van der Waals surface area contributed by atoms with Gasteiger partial charge < -0.3 is 15.4 Å². The van der Waals surface area contributed by atoms with Gasteiger partial charge in [-0.3, -0.25) is 4.68 Å². The Labute approximate surface area is 223 Å². The molecule has 0 saturated heterocycles. The third-order valence-electron chi connectivity index (χ3n) is 6.50. The fraction of sp³-hybridized carbons (Fsp3) is 0.520. The number of aromatic nitrogens is 6. The molecule has 3 heterocycles. The van der Waals surface area contributed by atoms with Gasteiger partial charge in [0.1, 0.15) is 22.4 Å². The summed E-state index contributed by atoms with van der Waals surface area (Å²) >= 11 is 0. The van der Waals surface area contributed by atoms with Crippen LogP contribution >= 0.6 is 0 Å². The Kier molecular flexibility index (Phi) is 7.18. The van der Waals surface area contributed by atoms with Gasteiger partial charge in [0.05, 0.1) is 40.8 Å². The lowest BCUT2D eigenvalue weighted by molar-refractivity contribution is 0.0811. The quantitative estimate of drug-likeness (QED) is 0.195. The van der Waals surface area contributed by atoms with E-state index >= 15 is 0 Å². The van der Waals surface area contributed by atoms with E-state index in [1.165, 1.54) is 6.26 Å². The number of anilines is 3. The van der Waals surface area contributed by atoms with Crippen LogP contribution in [0, 0.1) is 6.92 Å². The van der Waals surface area contributed by atoms with Crippen LogP contribution in [0.2, 0.25) is 25.7 Å². The van der Waals surface area contributed by atoms with Crippen LogP contribution in [-0.2, 0) is 27.8 Å². The summed E-state index contributed by atoms with van der Waals surface area (Å²) in [6.07, 6.45) is 5.21. The molecule has 0 unspecified atom stereocenters. The Bertz CT molecular complexity index is 1570. The zero-order chi connectivity index (χ0) is 27.1. The van der Waals surface area contributed by atoms with Crippen LogP contribution in [0.15, 0.2) is 24.4 Å². The van der Waals surface area contributed by atoms with Gasteiger partial charge in [-0.1, -0.05) is 25.7 Å². The standard InChI is InChI=1S/C25H36N8O3SSi/c1-17-22-23(27-18-9-10-18)29-25(30-24(22)33(31-17)16-36-12-14-38(3,4)5)28-20-7-6-8-21-19(20)15-26-32(21)11-13-37(2,34)35/h6-8,15,18H,9-14,16H2,1-5H3,(H2,27,28,29,30). The zero-order valence-corrected chi connectivity index (χ0v) is 24.5. The Morgan fingerprint density at radius 1 is 1.16 bits per heavy atom. The molecule has 3 aromatic heterocycles. The second kappa shape index (κ2) is 10.3. The molecule has 0 spiro atoms. The second-order valence-electron chi connectivity index (χ2n) is 11.3. The fourth-order valence-corrected chi connectivity index (χ4v) is 5.47. The van der Waals surface area contributed by atoms with Crippen LogP contribution in [0.3, 0.4) is 0 Å². The molecule has 1 aromatic carbocycles. The normalized spacial score (nSPS) is 14.4. The van der Waals surface area contributed by atoms with Crippen molar-refractivity contribution >= 4 is 57.3 Å². The van der Waals surface area contributed by atoms with Gasteiger partial charge in [0.2, 0.25) is 5.95 Å². The van der Waals surface area contributed by atoms with Crippen molar-refractivity contribution in [3.8, 4) is 0 Å². The van der Waals surface area contributed by atoms with Gasteiger partial charge in [0.25, 0.3) is 0 Å². The number of hydrogen-bond acceptors (Lipinski definition) is 9. The number of nitrogens with one attached hydrogen (secondary N) is 2. The average Bonchev–Trinajstić information content (AvgIpc) is 3.44. The Morgan fingerprint density at radius 2 is 1.95 bits per heavy atom. The number of sulfone groups is 1. The molecule has 13 heteroatoms. The molecule has 2 N–H and O–H groups in total. The lowest BCUT2D eigenvalue weighted by Crippen LogP contribution is -2.22. The summed E-state index contributed by atoms with van der Waals surface area (Å²) in [5.41, 5.74) is 3.21. The van der Waals surface area contributed by atoms with Gasteiger partial charge >= 0.3 is 0 Å². The van der Waals surface area contributed by atoms with E-state index in [1.54, 1.807) is 10.9 Å². The van der Waals surface area contributed by atoms with Crippen molar-refractivity contribution in [2.75, 3.05) is 29.2 Å². The minimum atomic E-state index is -3.10. The predicted molar refractivity (Wildman–Crippen MR) is 154 cm³/mol. The highest BCUT2D eigenvalue weighted by molar-refractivity contribution is 7.90. The molecule has 0 amide bonds. The third kappa shape index (κ3) is 6.33. The van der Waals surface area contributed by atoms with E-state index in [-0.39, 0.29) is 5.75 Å². The van der Waals surface area contributed by atoms with Gasteiger partial charge in [-0.2, -0.15) is 20.2 Å². The molecule has 1 aliphatic carbocycles. The van der Waals surface area contributed by atoms with Crippen LogP contribution in [0.25, 0.3) is 21.9 Å². The number of aryl methyl sites for hydroxylation is 2. The van der Waals surface area contributed by atoms with Gasteiger partial charge in [-0.15, -0.1) is 0 Å². The van der Waals surface area contributed by atoms with Crippen molar-refractivity contribution in [3.05, 3.63) is 30.1 Å². The summed E-state index contributed by atoms with van der Waals surface area (Å²) < 4.78 is 32.8. The molecule has 5 rings (SSSR count). The lowest BCUT2D eigenvalue weighted by Gasteiger charge is -2.15. The van der Waals surface area contributed by atoms with Crippen molar-refractivity contribution in [2.24, 2.45) is 0 Å². The monoisotopic (exact) mass is 556 g/mol. The van der Waals surface area contributed by atoms with E-state index in [1.807, 2.05) is 29.8 Å². The molecule has 0 aliphatic heterocycles. The minimum Gasteiger partial charge on any atom is -0.367 e. The highest BCUT2D eigenvalue weighted by atomic mass is 32.2. The number of hydrogen-bond donors (Lipinski definition) is 2. The van der Waals surface area contributed by atoms with E-state index in [9.17, 15) is 8.42 Å². The zero-order valence-electron chi connectivity index (χ0n) is 22.7. The minimum absolute atomic E-state index is 0.0285. The van der Waals surface area contributed by atoms with E-state index in [4.69, 9.17) is 19.8 Å². The van der Waals surface area contributed by atoms with Crippen LogP contribution in [-0.4, -0.2) is 70.7 Å². The number of nitrogens with zero attached hydrogens (tertiary/aromatic N) is 6. The Morgan fingerprint density at radius 3 is 2.66 bits per heavy atom. The van der Waals surface area contributed by atoms with Crippen LogP contribution in [0.1, 0.15) is 18.5 Å². The number of rotatable bonds is 12. The van der Waals surface area contributed by atoms with Gasteiger partial charge in [0.15, 0.2) is 5.65 Å². The average molecular weight is 557 g/mol. The third-order valence-corrected chi connectivity index (χ3v) is 9.13. The Hall–Kier alpha value is -3.03. The summed E-state index contributed by atoms with van der Waals surface area (Å²) in [6, 6.07) is 7.27. The number of fused-ring (bicyclic) bond motifs is 2. The molecule has 0 bridgehead atoms. The largest absolute Gasteiger partial charge is 0.367 e. The predicted octanol–water partition coefficient (Wildman–Crippen LogP) is 4.16. The smallest absolute Gasteiger partial charge is 0.231 e. The molecule has 1 aliphatic rings. The summed E-state index contributed by atoms with van der Waals surface area (Å²) in [4.78, 5) is 9.68. The Balaban J connectivity index is 1.46. The van der Waals surface area contributed by atoms with E-state index < -0.39 is 17.9 Å². The molecule has 0 atom stereocenters. The SMILES string of the molecule is Cc1nn(COCC[Si](C)(C)C)c2nc(Nc3cccc4c3cnn4CCS(C)(=O)=O)nc(NC3CC3)c12. The van der Waals surface area contributed by atoms with Gasteiger partial charge in [-0.05, 0) is 37.9 Å². The first-order valence-corrected chi connectivity index (χ1v) is 18.7. The second-order valence-corrected chi connectivity index (χ2v) is 19.2. The molecule has 1 saturated carbocycles. The summed E-state index contributed by atoms with van der Waals surface area (Å²) in [5.74, 6) is 1.24. The topological polar surface area (TPSA) is 129 Å². The number of benzene rings is 1. The van der Waals surface area contributed by atoms with Crippen molar-refractivity contribution in [1.82, 2.24) is 29.5 Å². The van der Waals surface area contributed by atoms with Crippen molar-refractivity contribution < 1.29 is 13.2 Å². The maximum atomic E-state index is 11.7. The molecule has 1 fully saturated rings. The first-order chi connectivity index (χ1) is 18.0. The van der Waals surface area contributed by atoms with Crippen LogP contribution in [0.4, 0.5) is 17.5 Å². The molecule has 0 radical (unpaired) electrons. The molecule has 11 nitrogen and oxygen atoms in total. The lowest BCUT2D eigenvalue weighted by atomic mass is 10.2. The maximum absolute atomic E-state index is 11.7. The number of ether oxygens (including phenoxy) is 1. The molecular formula is C25H36N8O3SSi. The first kappa shape index (κ1) is 26.6. The van der Waals surface area contributed by atoms with E-state index in [0.717, 1.165) is 52.4 Å². The fourth-order valence-electron chi connectivity index (χ4n) is 4.21. The molecular weight excluding hydrogens is 520 g/mol. The highest BCUT2D eigenvalue weighted by Crippen LogP contribution is 2.32. The van der Waals surface area contributed by atoms with Gasteiger partial charge in [-0.25, -0.2) is 13.1 Å². The van der Waals surface area contributed by atoms with Crippen molar-refractivity contribution in [1.29, 1.82) is 0 Å². The molecule has 204 valence electrons. The summed E-state index contributed by atoms with van der Waals surface area (Å²) in [6.45, 7) is 10.3. The van der Waals surface area contributed by atoms with E-state index in [0.29, 0.717) is 37.5 Å². The molecule has 38 heavy (non-hydrogen) atoms. The van der Waals surface area contributed by atoms with Crippen molar-refractivity contribution in [3.63, 3.8) is 0 Å². The van der Waals surface area contributed by atoms with Crippen molar-refractivity contribution in [2.45, 2.75) is 64.8 Å². The molecule has 4 aromatic rings. The summed E-state index contributed by atoms with van der Waals surface area (Å²) in [7, 11) is -4.29. The van der Waals surface area contributed by atoms with E-state index in [2.05, 4.69) is 35.4 Å².